The van der Waals surface area contributed by atoms with Gasteiger partial charge in [-0.3, -0.25) is 4.79 Å². The molecule has 0 bridgehead atoms. The molecule has 1 aromatic carbocycles. The fourth-order valence-electron chi connectivity index (χ4n) is 3.59. The topological polar surface area (TPSA) is 95.1 Å². The summed E-state index contributed by atoms with van der Waals surface area (Å²) in [6.07, 6.45) is 2.08. The second-order valence-corrected chi connectivity index (χ2v) is 7.49. The van der Waals surface area contributed by atoms with Gasteiger partial charge < -0.3 is 20.4 Å². The van der Waals surface area contributed by atoms with Crippen LogP contribution in [0.15, 0.2) is 24.3 Å². The van der Waals surface area contributed by atoms with Gasteiger partial charge in [0.05, 0.1) is 17.1 Å². The molecular weight excluding hydrogens is 342 g/mol. The highest BCUT2D eigenvalue weighted by atomic mass is 16.5. The number of carbonyl (C=O) groups is 1. The van der Waals surface area contributed by atoms with Crippen LogP contribution in [-0.2, 0) is 11.3 Å². The Kier molecular flexibility index (Phi) is 4.70. The first-order valence-corrected chi connectivity index (χ1v) is 9.49. The van der Waals surface area contributed by atoms with Gasteiger partial charge in [-0.05, 0) is 30.9 Å². The Labute approximate surface area is 157 Å². The highest BCUT2D eigenvalue weighted by molar-refractivity contribution is 6.10. The Balaban J connectivity index is 1.78. The Morgan fingerprint density at radius 1 is 1.33 bits per heavy atom. The number of ether oxygens (including phenoxy) is 1. The van der Waals surface area contributed by atoms with Crippen molar-refractivity contribution in [2.75, 3.05) is 18.9 Å². The van der Waals surface area contributed by atoms with Gasteiger partial charge in [-0.25, -0.2) is 9.97 Å². The number of nitrogens with one attached hydrogen (secondary N) is 1. The molecule has 3 heterocycles. The van der Waals surface area contributed by atoms with Crippen LogP contribution in [-0.4, -0.2) is 39.7 Å². The summed E-state index contributed by atoms with van der Waals surface area (Å²) in [4.78, 5) is 22.4. The quantitative estimate of drug-likeness (QED) is 0.723. The predicted molar refractivity (Wildman–Crippen MR) is 106 cm³/mol. The molecule has 1 amide bonds. The van der Waals surface area contributed by atoms with Crippen molar-refractivity contribution in [1.29, 1.82) is 0 Å². The molecule has 0 saturated carbocycles. The van der Waals surface area contributed by atoms with Crippen molar-refractivity contribution in [3.63, 3.8) is 0 Å². The third-order valence-electron chi connectivity index (χ3n) is 4.88. The van der Waals surface area contributed by atoms with Crippen molar-refractivity contribution >= 4 is 33.9 Å². The monoisotopic (exact) mass is 367 g/mol. The maximum Gasteiger partial charge on any atom is 0.257 e. The molecule has 0 radical (unpaired) electrons. The molecule has 1 aliphatic heterocycles. The second-order valence-electron chi connectivity index (χ2n) is 7.49. The number of hydrogen-bond donors (Lipinski definition) is 2. The predicted octanol–water partition coefficient (Wildman–Crippen LogP) is 2.73. The van der Waals surface area contributed by atoms with Crippen molar-refractivity contribution in [3.8, 4) is 0 Å². The molecule has 1 saturated heterocycles. The first-order valence-electron chi connectivity index (χ1n) is 9.49. The molecule has 27 heavy (non-hydrogen) atoms. The van der Waals surface area contributed by atoms with E-state index in [9.17, 15) is 4.79 Å². The van der Waals surface area contributed by atoms with Crippen molar-refractivity contribution in [2.45, 2.75) is 39.3 Å². The number of aromatic nitrogens is 3. The Morgan fingerprint density at radius 2 is 2.07 bits per heavy atom. The number of nitrogens with zero attached hydrogens (tertiary/aromatic N) is 3. The summed E-state index contributed by atoms with van der Waals surface area (Å²) >= 11 is 0. The summed E-state index contributed by atoms with van der Waals surface area (Å²) in [5.74, 6) is 0.554. The first kappa shape index (κ1) is 17.7. The molecule has 0 unspecified atom stereocenters. The molecule has 4 rings (SSSR count). The zero-order chi connectivity index (χ0) is 19.0. The molecule has 0 aliphatic carbocycles. The molecule has 1 fully saturated rings. The van der Waals surface area contributed by atoms with Crippen LogP contribution in [0.25, 0.3) is 22.2 Å². The lowest BCUT2D eigenvalue weighted by Crippen LogP contribution is -2.32. The number of benzene rings is 1. The minimum atomic E-state index is -0.222. The number of anilines is 1. The molecule has 7 nitrogen and oxygen atoms in total. The number of nitrogen functional groups attached to an aromatic ring is 1. The van der Waals surface area contributed by atoms with Gasteiger partial charge in [0.15, 0.2) is 5.65 Å². The van der Waals surface area contributed by atoms with Gasteiger partial charge in [0.25, 0.3) is 5.91 Å². The fourth-order valence-corrected chi connectivity index (χ4v) is 3.59. The van der Waals surface area contributed by atoms with Crippen molar-refractivity contribution in [1.82, 2.24) is 19.9 Å². The summed E-state index contributed by atoms with van der Waals surface area (Å²) in [6.45, 7) is 6.13. The van der Waals surface area contributed by atoms with Crippen molar-refractivity contribution in [2.24, 2.45) is 5.92 Å². The van der Waals surface area contributed by atoms with Crippen LogP contribution in [0.3, 0.4) is 0 Å². The molecule has 1 atom stereocenters. The van der Waals surface area contributed by atoms with Crippen LogP contribution >= 0.6 is 0 Å². The van der Waals surface area contributed by atoms with Gasteiger partial charge in [-0.1, -0.05) is 26.0 Å². The number of rotatable bonds is 5. The molecule has 0 spiro atoms. The fraction of sp³-hybridized carbons (Fsp3) is 0.450. The van der Waals surface area contributed by atoms with Crippen LogP contribution in [0.5, 0.6) is 0 Å². The second kappa shape index (κ2) is 7.15. The highest BCUT2D eigenvalue weighted by Gasteiger charge is 2.25. The third-order valence-corrected chi connectivity index (χ3v) is 4.88. The number of amides is 1. The minimum absolute atomic E-state index is 0.0751. The molecule has 3 N–H and O–H groups in total. The summed E-state index contributed by atoms with van der Waals surface area (Å²) in [5.41, 5.74) is 9.55. The largest absolute Gasteiger partial charge is 0.384 e. The maximum atomic E-state index is 12.9. The van der Waals surface area contributed by atoms with Gasteiger partial charge >= 0.3 is 0 Å². The van der Waals surface area contributed by atoms with Crippen LogP contribution in [0.2, 0.25) is 0 Å². The zero-order valence-corrected chi connectivity index (χ0v) is 15.7. The van der Waals surface area contributed by atoms with E-state index in [1.54, 1.807) is 0 Å². The lowest BCUT2D eigenvalue weighted by molar-refractivity contribution is 0.0859. The van der Waals surface area contributed by atoms with Crippen LogP contribution < -0.4 is 11.1 Å². The number of fused-ring (bicyclic) bond motifs is 2. The van der Waals surface area contributed by atoms with E-state index >= 15 is 0 Å². The van der Waals surface area contributed by atoms with E-state index in [-0.39, 0.29) is 12.0 Å². The standard InChI is InChI=1S/C20H25N5O2/c1-12(2)11-25-18(21)16(20(26)22-10-13-6-5-9-27-13)17-19(25)24-15-8-4-3-7-14(15)23-17/h3-4,7-8,12-13H,5-6,9-11,21H2,1-2H3,(H,22,26)/t13-/m0/s1. The zero-order valence-electron chi connectivity index (χ0n) is 15.7. The third kappa shape index (κ3) is 3.35. The normalized spacial score (nSPS) is 17.2. The Morgan fingerprint density at radius 3 is 2.74 bits per heavy atom. The first-order chi connectivity index (χ1) is 13.0. The summed E-state index contributed by atoms with van der Waals surface area (Å²) in [5, 5.41) is 2.96. The smallest absolute Gasteiger partial charge is 0.257 e. The van der Waals surface area contributed by atoms with Gasteiger partial charge in [0.1, 0.15) is 16.9 Å². The van der Waals surface area contributed by atoms with Gasteiger partial charge in [-0.15, -0.1) is 0 Å². The molecular formula is C20H25N5O2. The number of carbonyl (C=O) groups excluding carboxylic acids is 1. The van der Waals surface area contributed by atoms with Crippen molar-refractivity contribution < 1.29 is 9.53 Å². The van der Waals surface area contributed by atoms with Crippen LogP contribution in [0, 0.1) is 5.92 Å². The number of para-hydroxylation sites is 2. The lowest BCUT2D eigenvalue weighted by atomic mass is 10.2. The molecule has 3 aromatic rings. The van der Waals surface area contributed by atoms with Gasteiger partial charge in [0, 0.05) is 19.7 Å². The van der Waals surface area contributed by atoms with E-state index in [1.165, 1.54) is 0 Å². The lowest BCUT2D eigenvalue weighted by Gasteiger charge is -2.12. The van der Waals surface area contributed by atoms with Crippen molar-refractivity contribution in [3.05, 3.63) is 29.8 Å². The SMILES string of the molecule is CC(C)Cn1c(N)c(C(=O)NC[C@@H]2CCCO2)c2nc3ccccc3nc21. The number of hydrogen-bond acceptors (Lipinski definition) is 5. The Hall–Kier alpha value is -2.67. The average Bonchev–Trinajstić information content (AvgIpc) is 3.25. The summed E-state index contributed by atoms with van der Waals surface area (Å²) in [6, 6.07) is 7.65. The minimum Gasteiger partial charge on any atom is -0.384 e. The van der Waals surface area contributed by atoms with Crippen LogP contribution in [0.4, 0.5) is 5.82 Å². The van der Waals surface area contributed by atoms with Crippen LogP contribution in [0.1, 0.15) is 37.0 Å². The Bertz CT molecular complexity index is 989. The van der Waals surface area contributed by atoms with Gasteiger partial charge in [0.2, 0.25) is 0 Å². The van der Waals surface area contributed by atoms with E-state index in [1.807, 2.05) is 28.8 Å². The van der Waals surface area contributed by atoms with E-state index in [2.05, 4.69) is 19.2 Å². The molecule has 7 heteroatoms. The molecule has 142 valence electrons. The summed E-state index contributed by atoms with van der Waals surface area (Å²) < 4.78 is 7.50. The molecule has 1 aliphatic rings. The van der Waals surface area contributed by atoms with Gasteiger partial charge in [-0.2, -0.15) is 0 Å². The van der Waals surface area contributed by atoms with E-state index < -0.39 is 0 Å². The maximum absolute atomic E-state index is 12.9. The summed E-state index contributed by atoms with van der Waals surface area (Å²) in [7, 11) is 0. The average molecular weight is 367 g/mol. The highest BCUT2D eigenvalue weighted by Crippen LogP contribution is 2.28. The number of nitrogens with two attached hydrogens (primary N) is 1. The van der Waals surface area contributed by atoms with E-state index in [0.717, 1.165) is 30.5 Å². The van der Waals surface area contributed by atoms with E-state index in [4.69, 9.17) is 20.4 Å². The molecule has 2 aromatic heterocycles. The van der Waals surface area contributed by atoms with E-state index in [0.29, 0.717) is 41.6 Å².